The van der Waals surface area contributed by atoms with Gasteiger partial charge in [0.25, 0.3) is 0 Å². The number of benzene rings is 1. The van der Waals surface area contributed by atoms with Gasteiger partial charge in [-0.2, -0.15) is 10.1 Å². The van der Waals surface area contributed by atoms with Gasteiger partial charge in [-0.15, -0.1) is 10.2 Å². The summed E-state index contributed by atoms with van der Waals surface area (Å²) in [7, 11) is 1.59. The molecule has 3 heterocycles. The van der Waals surface area contributed by atoms with Gasteiger partial charge in [-0.25, -0.2) is 9.07 Å². The summed E-state index contributed by atoms with van der Waals surface area (Å²) in [5.41, 5.74) is 1.02. The lowest BCUT2D eigenvalue weighted by molar-refractivity contribution is 0.360. The molecule has 9 nitrogen and oxygen atoms in total. The van der Waals surface area contributed by atoms with E-state index in [1.54, 1.807) is 24.1 Å². The first-order valence-electron chi connectivity index (χ1n) is 11.4. The maximum Gasteiger partial charge on any atom is 0.322 e. The van der Waals surface area contributed by atoms with Crippen LogP contribution in [0.3, 0.4) is 0 Å². The van der Waals surface area contributed by atoms with Crippen molar-refractivity contribution in [3.63, 3.8) is 0 Å². The molecule has 2 bridgehead atoms. The first-order chi connectivity index (χ1) is 16.4. The molecule has 2 unspecified atom stereocenters. The molecule has 0 spiro atoms. The standard InChI is InChI=1S/C23H27ClFN7O2/c1-13(2)32-23(34-18-6-4-5-17(24)20(18)25)28-22(30-32)27-21-14-7-8-15(21)12-31(11-14)16-9-19(33-3)29-26-10-16/h4-6,9-10,13-15,21H,7-8,11-12H2,1-3H3,(H,27,30). The summed E-state index contributed by atoms with van der Waals surface area (Å²) < 4.78 is 27.0. The van der Waals surface area contributed by atoms with Crippen LogP contribution in [0, 0.1) is 17.7 Å². The largest absolute Gasteiger partial charge is 0.480 e. The number of rotatable bonds is 7. The average Bonchev–Trinajstić information content (AvgIpc) is 3.32. The molecular weight excluding hydrogens is 461 g/mol. The molecule has 0 amide bonds. The van der Waals surface area contributed by atoms with Crippen LogP contribution in [-0.2, 0) is 0 Å². The normalized spacial score (nSPS) is 21.7. The number of hydrogen-bond donors (Lipinski definition) is 1. The third-order valence-electron chi connectivity index (χ3n) is 6.53. The maximum atomic E-state index is 14.4. The van der Waals surface area contributed by atoms with Crippen LogP contribution in [0.1, 0.15) is 32.7 Å². The molecule has 0 radical (unpaired) electrons. The average molecular weight is 488 g/mol. The lowest BCUT2D eigenvalue weighted by atomic mass is 9.92. The molecule has 1 aliphatic carbocycles. The van der Waals surface area contributed by atoms with Gasteiger partial charge < -0.3 is 19.7 Å². The number of hydrogen-bond acceptors (Lipinski definition) is 8. The Morgan fingerprint density at radius 2 is 1.97 bits per heavy atom. The molecule has 1 aliphatic heterocycles. The molecule has 1 aromatic carbocycles. The molecule has 5 rings (SSSR count). The minimum absolute atomic E-state index is 0.00295. The van der Waals surface area contributed by atoms with E-state index >= 15 is 0 Å². The molecule has 1 N–H and O–H groups in total. The van der Waals surface area contributed by atoms with Gasteiger partial charge in [0.05, 0.1) is 30.1 Å². The van der Waals surface area contributed by atoms with Crippen molar-refractivity contribution in [1.29, 1.82) is 0 Å². The van der Waals surface area contributed by atoms with Gasteiger partial charge in [-0.05, 0) is 50.7 Å². The zero-order chi connectivity index (χ0) is 23.8. The van der Waals surface area contributed by atoms with Crippen LogP contribution in [0.4, 0.5) is 16.0 Å². The third-order valence-corrected chi connectivity index (χ3v) is 6.82. The fourth-order valence-corrected chi connectivity index (χ4v) is 5.03. The third kappa shape index (κ3) is 4.34. The van der Waals surface area contributed by atoms with E-state index in [4.69, 9.17) is 21.1 Å². The Kier molecular flexibility index (Phi) is 6.16. The predicted octanol–water partition coefficient (Wildman–Crippen LogP) is 4.57. The maximum absolute atomic E-state index is 14.4. The summed E-state index contributed by atoms with van der Waals surface area (Å²) in [5, 5.41) is 16.2. The van der Waals surface area contributed by atoms with Crippen LogP contribution < -0.4 is 19.7 Å². The smallest absolute Gasteiger partial charge is 0.322 e. The molecule has 2 fully saturated rings. The second-order valence-electron chi connectivity index (χ2n) is 9.04. The number of fused-ring (bicyclic) bond motifs is 2. The van der Waals surface area contributed by atoms with Crippen molar-refractivity contribution in [3.05, 3.63) is 41.3 Å². The molecule has 34 heavy (non-hydrogen) atoms. The number of anilines is 2. The number of halogens is 2. The molecule has 11 heteroatoms. The Bertz CT molecular complexity index is 1160. The number of methoxy groups -OCH3 is 1. The van der Waals surface area contributed by atoms with Crippen molar-refractivity contribution in [1.82, 2.24) is 25.0 Å². The number of nitrogens with zero attached hydrogens (tertiary/aromatic N) is 6. The summed E-state index contributed by atoms with van der Waals surface area (Å²) in [4.78, 5) is 6.89. The van der Waals surface area contributed by atoms with E-state index in [0.29, 0.717) is 23.7 Å². The lowest BCUT2D eigenvalue weighted by Crippen LogP contribution is -2.48. The van der Waals surface area contributed by atoms with Crippen LogP contribution in [0.25, 0.3) is 0 Å². The quantitative estimate of drug-likeness (QED) is 0.518. The summed E-state index contributed by atoms with van der Waals surface area (Å²) >= 11 is 5.90. The van der Waals surface area contributed by atoms with Gasteiger partial charge in [0, 0.05) is 25.2 Å². The van der Waals surface area contributed by atoms with E-state index in [-0.39, 0.29) is 28.9 Å². The molecule has 2 atom stereocenters. The Morgan fingerprint density at radius 1 is 1.21 bits per heavy atom. The van der Waals surface area contributed by atoms with Gasteiger partial charge in [-0.1, -0.05) is 17.7 Å². The van der Waals surface area contributed by atoms with Gasteiger partial charge in [0.1, 0.15) is 0 Å². The van der Waals surface area contributed by atoms with Crippen molar-refractivity contribution >= 4 is 23.2 Å². The minimum Gasteiger partial charge on any atom is -0.480 e. The van der Waals surface area contributed by atoms with Crippen LogP contribution in [0.15, 0.2) is 30.5 Å². The van der Waals surface area contributed by atoms with Gasteiger partial charge >= 0.3 is 6.01 Å². The van der Waals surface area contributed by atoms with Crippen LogP contribution in [-0.4, -0.2) is 51.2 Å². The van der Waals surface area contributed by atoms with E-state index in [0.717, 1.165) is 31.6 Å². The van der Waals surface area contributed by atoms with E-state index in [2.05, 4.69) is 30.5 Å². The van der Waals surface area contributed by atoms with Gasteiger partial charge in [0.15, 0.2) is 11.6 Å². The number of piperidine rings is 1. The zero-order valence-electron chi connectivity index (χ0n) is 19.3. The molecule has 3 aromatic rings. The Hall–Kier alpha value is -3.14. The first-order valence-corrected chi connectivity index (χ1v) is 11.8. The number of nitrogens with one attached hydrogen (secondary N) is 1. The number of ether oxygens (including phenoxy) is 2. The van der Waals surface area contributed by atoms with Crippen molar-refractivity contribution in [2.24, 2.45) is 11.8 Å². The highest BCUT2D eigenvalue weighted by molar-refractivity contribution is 6.30. The Morgan fingerprint density at radius 3 is 2.68 bits per heavy atom. The summed E-state index contributed by atoms with van der Waals surface area (Å²) in [6.07, 6.45) is 4.02. The summed E-state index contributed by atoms with van der Waals surface area (Å²) in [6.45, 7) is 5.73. The van der Waals surface area contributed by atoms with E-state index in [9.17, 15) is 4.39 Å². The van der Waals surface area contributed by atoms with E-state index in [1.807, 2.05) is 19.9 Å². The highest BCUT2D eigenvalue weighted by atomic mass is 35.5. The molecular formula is C23H27ClFN7O2. The Balaban J connectivity index is 1.33. The zero-order valence-corrected chi connectivity index (χ0v) is 20.0. The molecule has 180 valence electrons. The van der Waals surface area contributed by atoms with E-state index in [1.165, 1.54) is 12.1 Å². The van der Waals surface area contributed by atoms with Crippen molar-refractivity contribution in [2.75, 3.05) is 30.4 Å². The fraction of sp³-hybridized carbons (Fsp3) is 0.478. The summed E-state index contributed by atoms with van der Waals surface area (Å²) in [6, 6.07) is 7.00. The highest BCUT2D eigenvalue weighted by Gasteiger charge is 2.43. The topological polar surface area (TPSA) is 90.2 Å². The highest BCUT2D eigenvalue weighted by Crippen LogP contribution is 2.40. The molecule has 2 aliphatic rings. The SMILES string of the molecule is COc1cc(N2CC3CCC(C2)C3Nc2nc(Oc3cccc(Cl)c3F)n(C(C)C)n2)cnn1. The monoisotopic (exact) mass is 487 g/mol. The molecule has 1 saturated heterocycles. The lowest BCUT2D eigenvalue weighted by Gasteiger charge is -2.39. The van der Waals surface area contributed by atoms with Gasteiger partial charge in [-0.3, -0.25) is 0 Å². The van der Waals surface area contributed by atoms with Crippen molar-refractivity contribution in [3.8, 4) is 17.6 Å². The van der Waals surface area contributed by atoms with Crippen LogP contribution >= 0.6 is 11.6 Å². The van der Waals surface area contributed by atoms with Crippen LogP contribution in [0.5, 0.6) is 17.6 Å². The second kappa shape index (κ2) is 9.25. The second-order valence-corrected chi connectivity index (χ2v) is 9.45. The molecule has 2 aromatic heterocycles. The van der Waals surface area contributed by atoms with Crippen molar-refractivity contribution < 1.29 is 13.9 Å². The van der Waals surface area contributed by atoms with Gasteiger partial charge in [0.2, 0.25) is 11.8 Å². The van der Waals surface area contributed by atoms with Crippen molar-refractivity contribution in [2.45, 2.75) is 38.8 Å². The minimum atomic E-state index is -0.621. The Labute approximate surface area is 202 Å². The predicted molar refractivity (Wildman–Crippen MR) is 126 cm³/mol. The molecule has 1 saturated carbocycles. The first kappa shape index (κ1) is 22.6. The summed E-state index contributed by atoms with van der Waals surface area (Å²) in [5.74, 6) is 1.25. The number of aromatic nitrogens is 5. The fourth-order valence-electron chi connectivity index (χ4n) is 4.87. The van der Waals surface area contributed by atoms with Crippen LogP contribution in [0.2, 0.25) is 5.02 Å². The van der Waals surface area contributed by atoms with E-state index < -0.39 is 5.82 Å².